The summed E-state index contributed by atoms with van der Waals surface area (Å²) in [5, 5.41) is 10.3. The number of aryl methyl sites for hydroxylation is 2. The zero-order chi connectivity index (χ0) is 24.8. The zero-order valence-corrected chi connectivity index (χ0v) is 20.8. The van der Waals surface area contributed by atoms with E-state index in [2.05, 4.69) is 20.8 Å². The molecule has 2 aliphatic rings. The second-order valence-electron chi connectivity index (χ2n) is 9.64. The van der Waals surface area contributed by atoms with Gasteiger partial charge in [-0.3, -0.25) is 14.4 Å². The van der Waals surface area contributed by atoms with Crippen LogP contribution in [0.2, 0.25) is 0 Å². The summed E-state index contributed by atoms with van der Waals surface area (Å²) in [7, 11) is -3.67. The average molecular weight is 492 g/mol. The number of carbonyl (C=O) groups is 1. The van der Waals surface area contributed by atoms with Crippen molar-refractivity contribution in [3.05, 3.63) is 41.6 Å². The topological polar surface area (TPSA) is 119 Å². The predicted molar refractivity (Wildman–Crippen MR) is 137 cm³/mol. The van der Waals surface area contributed by atoms with Gasteiger partial charge in [-0.05, 0) is 85.0 Å². The fourth-order valence-corrected chi connectivity index (χ4v) is 6.41. The van der Waals surface area contributed by atoms with Gasteiger partial charge in [0.25, 0.3) is 0 Å². The Hall–Kier alpha value is -3.38. The third kappa shape index (κ3) is 4.50. The Bertz CT molecular complexity index is 1420. The third-order valence-electron chi connectivity index (χ3n) is 7.02. The maximum absolute atomic E-state index is 13.0. The van der Waals surface area contributed by atoms with Crippen LogP contribution in [0.4, 0.5) is 11.5 Å². The van der Waals surface area contributed by atoms with Crippen molar-refractivity contribution in [3.8, 4) is 17.2 Å². The highest BCUT2D eigenvalue weighted by Crippen LogP contribution is 2.46. The van der Waals surface area contributed by atoms with Crippen LogP contribution in [0.1, 0.15) is 50.7 Å². The quantitative estimate of drug-likeness (QED) is 0.404. The van der Waals surface area contributed by atoms with Crippen molar-refractivity contribution in [3.63, 3.8) is 0 Å². The molecule has 182 valence electrons. The lowest BCUT2D eigenvalue weighted by atomic mass is 9.94. The highest BCUT2D eigenvalue weighted by Gasteiger charge is 2.47. The van der Waals surface area contributed by atoms with Gasteiger partial charge in [0.1, 0.15) is 11.5 Å². The van der Waals surface area contributed by atoms with Crippen LogP contribution in [-0.2, 0) is 27.7 Å². The first-order valence-corrected chi connectivity index (χ1v) is 13.8. The van der Waals surface area contributed by atoms with Crippen molar-refractivity contribution in [2.45, 2.75) is 58.4 Å². The standard InChI is InChI=1S/C26H29N5O3S/c1-3-17-11-19(12-18(4-2)24(17)30-35(33,34)15-26(14-27)8-9-26)22-13-23(31(16-32)20-5-6-20)29-25-21(22)7-10-28-25/h7,10-13,16,20,30H,3-6,8-9,15H2,1-2H3,(H,28,29). The number of hydrogen-bond acceptors (Lipinski definition) is 5. The van der Waals surface area contributed by atoms with E-state index in [4.69, 9.17) is 0 Å². The Kier molecular flexibility index (Phi) is 5.80. The van der Waals surface area contributed by atoms with Crippen LogP contribution in [0, 0.1) is 16.7 Å². The van der Waals surface area contributed by atoms with Gasteiger partial charge < -0.3 is 4.98 Å². The Balaban J connectivity index is 1.58. The summed E-state index contributed by atoms with van der Waals surface area (Å²) in [6, 6.07) is 10.3. The largest absolute Gasteiger partial charge is 0.346 e. The molecule has 5 rings (SSSR count). The second kappa shape index (κ2) is 8.68. The van der Waals surface area contributed by atoms with Gasteiger partial charge >= 0.3 is 0 Å². The lowest BCUT2D eigenvalue weighted by Gasteiger charge is -2.20. The molecule has 9 heteroatoms. The van der Waals surface area contributed by atoms with Gasteiger partial charge in [-0.2, -0.15) is 5.26 Å². The first-order chi connectivity index (χ1) is 16.8. The smallest absolute Gasteiger partial charge is 0.234 e. The molecule has 0 saturated heterocycles. The molecule has 8 nitrogen and oxygen atoms in total. The number of nitrogens with zero attached hydrogens (tertiary/aromatic N) is 3. The van der Waals surface area contributed by atoms with E-state index in [0.717, 1.165) is 46.9 Å². The molecule has 2 aliphatic carbocycles. The predicted octanol–water partition coefficient (Wildman–Crippen LogP) is 4.53. The van der Waals surface area contributed by atoms with Crippen LogP contribution in [-0.4, -0.2) is 36.6 Å². The van der Waals surface area contributed by atoms with Gasteiger partial charge in [0.15, 0.2) is 0 Å². The van der Waals surface area contributed by atoms with Crippen molar-refractivity contribution < 1.29 is 13.2 Å². The molecule has 1 aromatic carbocycles. The van der Waals surface area contributed by atoms with Gasteiger partial charge in [-0.25, -0.2) is 13.4 Å². The van der Waals surface area contributed by atoms with E-state index in [0.29, 0.717) is 42.8 Å². The number of anilines is 2. The van der Waals surface area contributed by atoms with E-state index < -0.39 is 15.4 Å². The summed E-state index contributed by atoms with van der Waals surface area (Å²) in [5.74, 6) is 0.435. The van der Waals surface area contributed by atoms with Crippen LogP contribution < -0.4 is 9.62 Å². The molecule has 0 radical (unpaired) electrons. The molecule has 0 aliphatic heterocycles. The maximum Gasteiger partial charge on any atom is 0.234 e. The number of benzene rings is 1. The molecule has 2 saturated carbocycles. The normalized spacial score (nSPS) is 16.6. The number of carbonyl (C=O) groups excluding carboxylic acids is 1. The number of amides is 1. The Morgan fingerprint density at radius 2 is 1.91 bits per heavy atom. The highest BCUT2D eigenvalue weighted by molar-refractivity contribution is 7.92. The number of aromatic nitrogens is 2. The number of nitriles is 1. The lowest BCUT2D eigenvalue weighted by molar-refractivity contribution is -0.107. The van der Waals surface area contributed by atoms with Crippen LogP contribution in [0.15, 0.2) is 30.5 Å². The van der Waals surface area contributed by atoms with Crippen molar-refractivity contribution in [1.82, 2.24) is 9.97 Å². The Labute approximate surface area is 205 Å². The van der Waals surface area contributed by atoms with E-state index in [1.54, 1.807) is 4.90 Å². The summed E-state index contributed by atoms with van der Waals surface area (Å²) in [6.07, 6.45) is 7.15. The monoisotopic (exact) mass is 491 g/mol. The summed E-state index contributed by atoms with van der Waals surface area (Å²) in [5.41, 5.74) is 4.24. The van der Waals surface area contributed by atoms with Crippen molar-refractivity contribution in [2.75, 3.05) is 15.4 Å². The molecule has 0 unspecified atom stereocenters. The van der Waals surface area contributed by atoms with E-state index in [1.165, 1.54) is 0 Å². The molecule has 0 atom stereocenters. The number of rotatable bonds is 10. The molecule has 2 aromatic heterocycles. The summed E-state index contributed by atoms with van der Waals surface area (Å²) < 4.78 is 28.7. The van der Waals surface area contributed by atoms with Gasteiger partial charge in [-0.1, -0.05) is 13.8 Å². The van der Waals surface area contributed by atoms with Gasteiger partial charge in [0, 0.05) is 17.6 Å². The summed E-state index contributed by atoms with van der Waals surface area (Å²) in [6.45, 7) is 4.00. The van der Waals surface area contributed by atoms with Crippen LogP contribution >= 0.6 is 0 Å². The Morgan fingerprint density at radius 1 is 1.23 bits per heavy atom. The molecule has 2 N–H and O–H groups in total. The first-order valence-electron chi connectivity index (χ1n) is 12.1. The minimum absolute atomic E-state index is 0.176. The van der Waals surface area contributed by atoms with E-state index in [-0.39, 0.29) is 11.8 Å². The van der Waals surface area contributed by atoms with Crippen LogP contribution in [0.3, 0.4) is 0 Å². The van der Waals surface area contributed by atoms with E-state index in [1.807, 2.05) is 44.3 Å². The number of hydrogen-bond donors (Lipinski definition) is 2. The van der Waals surface area contributed by atoms with Gasteiger partial charge in [0.05, 0.1) is 22.9 Å². The molecule has 1 amide bonds. The second-order valence-corrected chi connectivity index (χ2v) is 11.4. The number of fused-ring (bicyclic) bond motifs is 1. The first kappa shape index (κ1) is 23.4. The molecule has 0 spiro atoms. The number of pyridine rings is 1. The van der Waals surface area contributed by atoms with Crippen molar-refractivity contribution >= 4 is 39.0 Å². The van der Waals surface area contributed by atoms with Crippen molar-refractivity contribution in [2.24, 2.45) is 5.41 Å². The number of aromatic amines is 1. The summed E-state index contributed by atoms with van der Waals surface area (Å²) >= 11 is 0. The fourth-order valence-electron chi connectivity index (χ4n) is 4.68. The number of nitrogens with one attached hydrogen (secondary N) is 2. The highest BCUT2D eigenvalue weighted by atomic mass is 32.2. The summed E-state index contributed by atoms with van der Waals surface area (Å²) in [4.78, 5) is 21.3. The van der Waals surface area contributed by atoms with Gasteiger partial charge in [0.2, 0.25) is 16.4 Å². The average Bonchev–Trinajstić information content (AvgIpc) is 3.77. The third-order valence-corrected chi connectivity index (χ3v) is 8.47. The maximum atomic E-state index is 13.0. The lowest BCUT2D eigenvalue weighted by Crippen LogP contribution is -2.24. The SMILES string of the molecule is CCc1cc(-c2cc(N(C=O)C3CC3)nc3[nH]ccc23)cc(CC)c1NS(=O)(=O)CC1(C#N)CC1. The zero-order valence-electron chi connectivity index (χ0n) is 20.0. The molecule has 3 aromatic rings. The van der Waals surface area contributed by atoms with Crippen LogP contribution in [0.25, 0.3) is 22.2 Å². The minimum atomic E-state index is -3.67. The Morgan fingerprint density at radius 3 is 2.46 bits per heavy atom. The minimum Gasteiger partial charge on any atom is -0.346 e. The molecule has 2 heterocycles. The fraction of sp³-hybridized carbons (Fsp3) is 0.423. The number of H-pyrrole nitrogens is 1. The molecule has 2 fully saturated rings. The molecular weight excluding hydrogens is 462 g/mol. The van der Waals surface area contributed by atoms with E-state index >= 15 is 0 Å². The molecule has 35 heavy (non-hydrogen) atoms. The van der Waals surface area contributed by atoms with Gasteiger partial charge in [-0.15, -0.1) is 0 Å². The van der Waals surface area contributed by atoms with Crippen molar-refractivity contribution in [1.29, 1.82) is 5.26 Å². The van der Waals surface area contributed by atoms with Crippen LogP contribution in [0.5, 0.6) is 0 Å². The number of sulfonamides is 1. The van der Waals surface area contributed by atoms with E-state index in [9.17, 15) is 18.5 Å². The molecule has 0 bridgehead atoms. The molecular formula is C26H29N5O3S.